The van der Waals surface area contributed by atoms with E-state index in [2.05, 4.69) is 5.32 Å². The first-order chi connectivity index (χ1) is 15.9. The first kappa shape index (κ1) is 26.1. The van der Waals surface area contributed by atoms with Crippen LogP contribution in [0, 0.1) is 5.92 Å². The van der Waals surface area contributed by atoms with Gasteiger partial charge in [-0.2, -0.15) is 4.31 Å². The number of nitrogens with one attached hydrogen (secondary N) is 1. The summed E-state index contributed by atoms with van der Waals surface area (Å²) >= 11 is 5.86. The van der Waals surface area contributed by atoms with Crippen molar-refractivity contribution in [2.75, 3.05) is 6.54 Å². The van der Waals surface area contributed by atoms with Gasteiger partial charge in [-0.05, 0) is 41.8 Å². The predicted octanol–water partition coefficient (Wildman–Crippen LogP) is 3.71. The molecular weight excluding hydrogens is 490 g/mol. The van der Waals surface area contributed by atoms with E-state index in [0.29, 0.717) is 10.6 Å². The van der Waals surface area contributed by atoms with Crippen LogP contribution in [0.4, 0.5) is 8.78 Å². The molecular formula is C23H25ClF2N2O5S. The number of carboxylic acids is 1. The molecule has 1 heterocycles. The quantitative estimate of drug-likeness (QED) is 0.559. The van der Waals surface area contributed by atoms with Crippen molar-refractivity contribution in [3.05, 3.63) is 64.7 Å². The van der Waals surface area contributed by atoms with Gasteiger partial charge < -0.3 is 10.4 Å². The lowest BCUT2D eigenvalue weighted by Crippen LogP contribution is -2.49. The molecule has 0 spiro atoms. The third-order valence-corrected chi connectivity index (χ3v) is 7.80. The van der Waals surface area contributed by atoms with Gasteiger partial charge in [-0.15, -0.1) is 0 Å². The summed E-state index contributed by atoms with van der Waals surface area (Å²) in [5, 5.41) is 11.8. The summed E-state index contributed by atoms with van der Waals surface area (Å²) < 4.78 is 56.6. The number of rotatable bonds is 8. The van der Waals surface area contributed by atoms with Gasteiger partial charge in [0.05, 0.1) is 10.8 Å². The normalized spacial score (nSPS) is 19.3. The predicted molar refractivity (Wildman–Crippen MR) is 122 cm³/mol. The number of sulfonamides is 1. The summed E-state index contributed by atoms with van der Waals surface area (Å²) in [7, 11) is -4.35. The molecule has 0 aliphatic carbocycles. The summed E-state index contributed by atoms with van der Waals surface area (Å²) in [6.07, 6.45) is -1.25. The van der Waals surface area contributed by atoms with Gasteiger partial charge in [0.25, 0.3) is 5.92 Å². The van der Waals surface area contributed by atoms with Crippen LogP contribution in [0.3, 0.4) is 0 Å². The van der Waals surface area contributed by atoms with Gasteiger partial charge in [-0.1, -0.05) is 42.8 Å². The maximum Gasteiger partial charge on any atom is 0.306 e. The first-order valence-electron chi connectivity index (χ1n) is 10.6. The van der Waals surface area contributed by atoms with Crippen molar-refractivity contribution >= 4 is 33.5 Å². The third kappa shape index (κ3) is 6.31. The lowest BCUT2D eigenvalue weighted by atomic mass is 10.00. The van der Waals surface area contributed by atoms with Gasteiger partial charge in [-0.25, -0.2) is 17.2 Å². The van der Waals surface area contributed by atoms with E-state index >= 15 is 0 Å². The fourth-order valence-electron chi connectivity index (χ4n) is 3.70. The highest BCUT2D eigenvalue weighted by molar-refractivity contribution is 7.89. The zero-order chi connectivity index (χ0) is 25.1. The topological polar surface area (TPSA) is 104 Å². The molecule has 7 nitrogen and oxygen atoms in total. The third-order valence-electron chi connectivity index (χ3n) is 5.68. The smallest absolute Gasteiger partial charge is 0.306 e. The molecule has 1 aliphatic heterocycles. The summed E-state index contributed by atoms with van der Waals surface area (Å²) in [6, 6.07) is 10.1. The number of carbonyl (C=O) groups excluding carboxylic acids is 1. The molecule has 0 aromatic heterocycles. The molecule has 11 heteroatoms. The van der Waals surface area contributed by atoms with E-state index in [1.54, 1.807) is 31.2 Å². The monoisotopic (exact) mass is 514 g/mol. The lowest BCUT2D eigenvalue weighted by molar-refractivity contribution is -0.141. The van der Waals surface area contributed by atoms with E-state index < -0.39 is 52.6 Å². The Balaban J connectivity index is 1.97. The highest BCUT2D eigenvalue weighted by Crippen LogP contribution is 2.32. The van der Waals surface area contributed by atoms with Gasteiger partial charge in [0.15, 0.2) is 0 Å². The second-order valence-electron chi connectivity index (χ2n) is 8.38. The standard InChI is InChI=1S/C23H25ClF2N2O5S/c1-15(22(30)31)12-16-2-4-17(5-3-16)14-28(20-13-23(25,26)10-11-27-21(20)29)34(32,33)19-8-6-18(24)7-9-19/h2-9,15,20H,10-14H2,1H3,(H,27,29)(H,30,31)/t15?,20-/m1/s1. The number of benzene rings is 2. The number of aliphatic carboxylic acids is 1. The van der Waals surface area contributed by atoms with Gasteiger partial charge in [0, 0.05) is 31.0 Å². The fourth-order valence-corrected chi connectivity index (χ4v) is 5.40. The fraction of sp³-hybridized carbons (Fsp3) is 0.391. The highest BCUT2D eigenvalue weighted by Gasteiger charge is 2.45. The molecule has 3 rings (SSSR count). The van der Waals surface area contributed by atoms with Gasteiger partial charge in [-0.3, -0.25) is 9.59 Å². The van der Waals surface area contributed by atoms with Crippen molar-refractivity contribution in [3.63, 3.8) is 0 Å². The molecule has 1 aliphatic rings. The Morgan fingerprint density at radius 1 is 1.18 bits per heavy atom. The van der Waals surface area contributed by atoms with Gasteiger partial charge >= 0.3 is 5.97 Å². The highest BCUT2D eigenvalue weighted by atomic mass is 35.5. The van der Waals surface area contributed by atoms with Gasteiger partial charge in [0.2, 0.25) is 15.9 Å². The summed E-state index contributed by atoms with van der Waals surface area (Å²) in [5.41, 5.74) is 1.19. The first-order valence-corrected chi connectivity index (χ1v) is 12.4. The van der Waals surface area contributed by atoms with E-state index in [1.165, 1.54) is 24.3 Å². The lowest BCUT2D eigenvalue weighted by Gasteiger charge is -2.30. The van der Waals surface area contributed by atoms with Crippen LogP contribution in [-0.4, -0.2) is 48.2 Å². The van der Waals surface area contributed by atoms with Crippen LogP contribution in [0.15, 0.2) is 53.4 Å². The number of carbonyl (C=O) groups is 2. The van der Waals surface area contributed by atoms with Crippen molar-refractivity contribution in [2.24, 2.45) is 5.92 Å². The number of amides is 1. The maximum atomic E-state index is 14.4. The van der Waals surface area contributed by atoms with E-state index in [1.807, 2.05) is 0 Å². The van der Waals surface area contributed by atoms with Crippen LogP contribution in [0.25, 0.3) is 0 Å². The number of halogens is 3. The number of hydrogen-bond donors (Lipinski definition) is 2. The molecule has 34 heavy (non-hydrogen) atoms. The Labute approximate surface area is 201 Å². The van der Waals surface area contributed by atoms with Gasteiger partial charge in [0.1, 0.15) is 6.04 Å². The molecule has 2 N–H and O–H groups in total. The molecule has 1 fully saturated rings. The van der Waals surface area contributed by atoms with Crippen molar-refractivity contribution in [3.8, 4) is 0 Å². The number of hydrogen-bond acceptors (Lipinski definition) is 4. The molecule has 2 aromatic carbocycles. The Morgan fingerprint density at radius 2 is 1.76 bits per heavy atom. The molecule has 1 saturated heterocycles. The second-order valence-corrected chi connectivity index (χ2v) is 10.7. The van der Waals surface area contributed by atoms with Crippen LogP contribution < -0.4 is 5.32 Å². The molecule has 184 valence electrons. The Hall–Kier alpha value is -2.56. The van der Waals surface area contributed by atoms with E-state index in [9.17, 15) is 26.8 Å². The van der Waals surface area contributed by atoms with Crippen LogP contribution in [0.5, 0.6) is 0 Å². The molecule has 0 saturated carbocycles. The number of alkyl halides is 2. The molecule has 2 aromatic rings. The van der Waals surface area contributed by atoms with Crippen molar-refractivity contribution < 1.29 is 31.9 Å². The van der Waals surface area contributed by atoms with Crippen LogP contribution in [-0.2, 0) is 32.6 Å². The molecule has 1 unspecified atom stereocenters. The van der Waals surface area contributed by atoms with Crippen molar-refractivity contribution in [1.29, 1.82) is 0 Å². The average Bonchev–Trinajstić information content (AvgIpc) is 2.90. The molecule has 2 atom stereocenters. The minimum atomic E-state index is -4.35. The largest absolute Gasteiger partial charge is 0.481 e. The summed E-state index contributed by atoms with van der Waals surface area (Å²) in [6.45, 7) is 0.989. The number of nitrogens with zero attached hydrogens (tertiary/aromatic N) is 1. The Morgan fingerprint density at radius 3 is 2.35 bits per heavy atom. The second kappa shape index (κ2) is 10.4. The van der Waals surface area contributed by atoms with E-state index in [4.69, 9.17) is 16.7 Å². The SMILES string of the molecule is CC(Cc1ccc(CN([C@@H]2CC(F)(F)CCNC2=O)S(=O)(=O)c2ccc(Cl)cc2)cc1)C(=O)O. The van der Waals surface area contributed by atoms with E-state index in [0.717, 1.165) is 9.87 Å². The van der Waals surface area contributed by atoms with E-state index in [-0.39, 0.29) is 24.4 Å². The van der Waals surface area contributed by atoms with Crippen molar-refractivity contribution in [2.45, 2.75) is 49.6 Å². The number of carboxylic acid groups (broad SMARTS) is 1. The van der Waals surface area contributed by atoms with Crippen molar-refractivity contribution in [1.82, 2.24) is 9.62 Å². The molecule has 0 radical (unpaired) electrons. The minimum absolute atomic E-state index is 0.177. The van der Waals surface area contributed by atoms with Crippen LogP contribution in [0.1, 0.15) is 30.9 Å². The molecule has 0 bridgehead atoms. The van der Waals surface area contributed by atoms with Crippen LogP contribution in [0.2, 0.25) is 5.02 Å². The molecule has 1 amide bonds. The average molecular weight is 515 g/mol. The Bertz CT molecular complexity index is 1140. The Kier molecular flexibility index (Phi) is 7.95. The summed E-state index contributed by atoms with van der Waals surface area (Å²) in [5.74, 6) is -5.57. The zero-order valence-electron chi connectivity index (χ0n) is 18.4. The zero-order valence-corrected chi connectivity index (χ0v) is 20.0. The van der Waals surface area contributed by atoms with Crippen LogP contribution >= 0.6 is 11.6 Å². The minimum Gasteiger partial charge on any atom is -0.481 e. The summed E-state index contributed by atoms with van der Waals surface area (Å²) in [4.78, 5) is 23.6. The maximum absolute atomic E-state index is 14.4.